The van der Waals surface area contributed by atoms with Crippen LogP contribution in [0.4, 0.5) is 0 Å². The molecule has 3 nitrogen and oxygen atoms in total. The molecule has 23 heavy (non-hydrogen) atoms. The first kappa shape index (κ1) is 20.0. The topological polar surface area (TPSA) is 46.3 Å². The molecule has 0 aliphatic rings. The molecular formula is C18H22LiNO2S. The third-order valence-corrected chi connectivity index (χ3v) is 4.63. The normalized spacial score (nSPS) is 12.9. The Kier molecular flexibility index (Phi) is 7.56. The van der Waals surface area contributed by atoms with Crippen LogP contribution in [0.2, 0.25) is 0 Å². The molecule has 5 heteroatoms. The van der Waals surface area contributed by atoms with Crippen LogP contribution in [0.25, 0.3) is 10.8 Å². The van der Waals surface area contributed by atoms with Crippen molar-refractivity contribution >= 4 is 22.1 Å². The molecule has 0 radical (unpaired) electrons. The van der Waals surface area contributed by atoms with Crippen molar-refractivity contribution in [2.24, 2.45) is 0 Å². The van der Waals surface area contributed by atoms with Crippen molar-refractivity contribution in [2.75, 3.05) is 0 Å². The van der Waals surface area contributed by atoms with Crippen LogP contribution in [0.15, 0.2) is 40.5 Å². The number of benzene rings is 1. The van der Waals surface area contributed by atoms with Gasteiger partial charge in [0.2, 0.25) is 0 Å². The van der Waals surface area contributed by atoms with E-state index in [0.29, 0.717) is 5.76 Å². The van der Waals surface area contributed by atoms with Gasteiger partial charge >= 0.3 is 18.9 Å². The maximum Gasteiger partial charge on any atom is 1.00 e. The molecule has 1 atom stereocenters. The summed E-state index contributed by atoms with van der Waals surface area (Å²) in [4.78, 5) is 5.01. The van der Waals surface area contributed by atoms with Crippen LogP contribution in [-0.4, -0.2) is 10.1 Å². The Balaban J connectivity index is 0.000000478. The van der Waals surface area contributed by atoms with E-state index < -0.39 is 5.60 Å². The first-order chi connectivity index (χ1) is 10.5. The van der Waals surface area contributed by atoms with Gasteiger partial charge in [-0.15, -0.1) is 11.3 Å². The van der Waals surface area contributed by atoms with Gasteiger partial charge in [0, 0.05) is 10.8 Å². The van der Waals surface area contributed by atoms with Crippen LogP contribution < -0.4 is 18.9 Å². The van der Waals surface area contributed by atoms with Gasteiger partial charge in [-0.05, 0) is 13.8 Å². The van der Waals surface area contributed by atoms with Gasteiger partial charge in [0.15, 0.2) is 5.60 Å². The maximum atomic E-state index is 10.8. The number of hydrogen-bond donors (Lipinski definition) is 1. The van der Waals surface area contributed by atoms with Gasteiger partial charge in [-0.1, -0.05) is 37.6 Å². The largest absolute Gasteiger partial charge is 1.00 e. The third kappa shape index (κ3) is 4.27. The molecule has 0 saturated heterocycles. The summed E-state index contributed by atoms with van der Waals surface area (Å²) in [7, 11) is 0. The van der Waals surface area contributed by atoms with Crippen molar-refractivity contribution < 1.29 is 28.4 Å². The SMILES string of the molecule is Cc1ncsc1C(C)(O)c1occ2ccccc12.[CH2-]CCC.[Li+]. The summed E-state index contributed by atoms with van der Waals surface area (Å²) in [5, 5.41) is 12.7. The quantitative estimate of drug-likeness (QED) is 0.593. The molecule has 3 aromatic rings. The van der Waals surface area contributed by atoms with Gasteiger partial charge in [-0.25, -0.2) is 4.98 Å². The first-order valence-corrected chi connectivity index (χ1v) is 8.29. The van der Waals surface area contributed by atoms with Gasteiger partial charge in [0.25, 0.3) is 0 Å². The summed E-state index contributed by atoms with van der Waals surface area (Å²) < 4.78 is 5.59. The second-order valence-electron chi connectivity index (χ2n) is 5.34. The Morgan fingerprint density at radius 3 is 2.57 bits per heavy atom. The summed E-state index contributed by atoms with van der Waals surface area (Å²) in [5.74, 6) is 0.574. The van der Waals surface area contributed by atoms with E-state index >= 15 is 0 Å². The van der Waals surface area contributed by atoms with Crippen molar-refractivity contribution in [1.82, 2.24) is 4.98 Å². The van der Waals surface area contributed by atoms with E-state index in [1.54, 1.807) is 18.7 Å². The molecule has 1 N–H and O–H groups in total. The van der Waals surface area contributed by atoms with Gasteiger partial charge in [0.1, 0.15) is 5.76 Å². The van der Waals surface area contributed by atoms with Crippen LogP contribution in [0.3, 0.4) is 0 Å². The van der Waals surface area contributed by atoms with Gasteiger partial charge in [0.05, 0.1) is 22.3 Å². The Morgan fingerprint density at radius 2 is 2.00 bits per heavy atom. The number of aryl methyl sites for hydroxylation is 1. The number of aromatic nitrogens is 1. The fraction of sp³-hybridized carbons (Fsp3) is 0.333. The zero-order valence-electron chi connectivity index (χ0n) is 14.3. The number of hydrogen-bond acceptors (Lipinski definition) is 4. The van der Waals surface area contributed by atoms with Crippen molar-refractivity contribution in [1.29, 1.82) is 0 Å². The summed E-state index contributed by atoms with van der Waals surface area (Å²) in [6, 6.07) is 7.82. The predicted molar refractivity (Wildman–Crippen MR) is 92.0 cm³/mol. The van der Waals surface area contributed by atoms with E-state index in [2.05, 4.69) is 18.8 Å². The minimum Gasteiger partial charge on any atom is -0.465 e. The van der Waals surface area contributed by atoms with Crippen molar-refractivity contribution in [3.05, 3.63) is 59.3 Å². The molecule has 2 heterocycles. The molecule has 3 rings (SSSR count). The molecule has 1 aromatic carbocycles. The van der Waals surface area contributed by atoms with Crippen LogP contribution in [0.1, 0.15) is 43.0 Å². The van der Waals surface area contributed by atoms with Crippen molar-refractivity contribution in [3.63, 3.8) is 0 Å². The fourth-order valence-electron chi connectivity index (χ4n) is 2.24. The van der Waals surface area contributed by atoms with E-state index in [1.807, 2.05) is 31.2 Å². The number of thiazole rings is 1. The van der Waals surface area contributed by atoms with Crippen molar-refractivity contribution in [3.8, 4) is 0 Å². The molecule has 0 fully saturated rings. The third-order valence-electron chi connectivity index (χ3n) is 3.49. The monoisotopic (exact) mass is 323 g/mol. The van der Waals surface area contributed by atoms with Gasteiger partial charge in [-0.2, -0.15) is 6.42 Å². The number of unbranched alkanes of at least 4 members (excludes halogenated alkanes) is 1. The summed E-state index contributed by atoms with van der Waals surface area (Å²) >= 11 is 1.44. The second-order valence-corrected chi connectivity index (χ2v) is 6.20. The van der Waals surface area contributed by atoms with Crippen LogP contribution in [0.5, 0.6) is 0 Å². The van der Waals surface area contributed by atoms with E-state index in [-0.39, 0.29) is 18.9 Å². The van der Waals surface area contributed by atoms with E-state index in [9.17, 15) is 5.11 Å². The van der Waals surface area contributed by atoms with E-state index in [1.165, 1.54) is 17.8 Å². The van der Waals surface area contributed by atoms with E-state index in [0.717, 1.165) is 27.8 Å². The number of furan rings is 1. The summed E-state index contributed by atoms with van der Waals surface area (Å²) in [6.45, 7) is 9.37. The fourth-order valence-corrected chi connectivity index (χ4v) is 3.10. The number of fused-ring (bicyclic) bond motifs is 1. The summed E-state index contributed by atoms with van der Waals surface area (Å²) in [6.07, 6.45) is 3.95. The van der Waals surface area contributed by atoms with E-state index in [4.69, 9.17) is 4.42 Å². The predicted octanol–water partition coefficient (Wildman–Crippen LogP) is 2.08. The van der Waals surface area contributed by atoms with Crippen molar-refractivity contribution in [2.45, 2.75) is 39.2 Å². The zero-order chi connectivity index (χ0) is 16.2. The van der Waals surface area contributed by atoms with Gasteiger partial charge in [-0.3, -0.25) is 0 Å². The molecule has 118 valence electrons. The Hall–Kier alpha value is -1.05. The molecule has 0 aliphatic carbocycles. The summed E-state index contributed by atoms with van der Waals surface area (Å²) in [5.41, 5.74) is 1.43. The number of aliphatic hydroxyl groups is 1. The molecular weight excluding hydrogens is 301 g/mol. The van der Waals surface area contributed by atoms with Gasteiger partial charge < -0.3 is 16.4 Å². The molecule has 0 amide bonds. The second kappa shape index (κ2) is 8.70. The first-order valence-electron chi connectivity index (χ1n) is 7.41. The number of nitrogens with zero attached hydrogens (tertiary/aromatic N) is 1. The standard InChI is InChI=1S/C14H13NO2S.C4H9.Li/c1-9-13(18-8-15-9)14(2,16)12-11-6-4-3-5-10(11)7-17-12;1-3-4-2;/h3-8,16H,1-2H3;1,3-4H2,2H3;/q;-1;+1. The maximum absolute atomic E-state index is 10.8. The Bertz CT molecular complexity index is 731. The smallest absolute Gasteiger partial charge is 0.465 e. The molecule has 0 saturated carbocycles. The Morgan fingerprint density at radius 1 is 1.35 bits per heavy atom. The van der Waals surface area contributed by atoms with Crippen LogP contribution in [-0.2, 0) is 5.60 Å². The molecule has 0 spiro atoms. The average molecular weight is 323 g/mol. The molecule has 0 aliphatic heterocycles. The molecule has 0 bridgehead atoms. The van der Waals surface area contributed by atoms with Crippen LogP contribution in [0, 0.1) is 13.8 Å². The number of rotatable bonds is 3. The molecule has 1 unspecified atom stereocenters. The zero-order valence-corrected chi connectivity index (χ0v) is 15.1. The minimum absolute atomic E-state index is 0. The Labute approximate surface area is 153 Å². The average Bonchev–Trinajstić information content (AvgIpc) is 3.14. The minimum atomic E-state index is -1.14. The molecule has 2 aromatic heterocycles. The van der Waals surface area contributed by atoms with Crippen LogP contribution >= 0.6 is 11.3 Å².